The van der Waals surface area contributed by atoms with E-state index in [0.717, 1.165) is 18.7 Å². The third-order valence-corrected chi connectivity index (χ3v) is 4.48. The standard InChI is InChI=1S/C27H33NO/c1-3-5-7-15-23-28(24-16-8-6-4-2)27-21-19-26(20-22-27)18-14-12-10-9-11-13-17-25-29/h19-22,29H,3-8,15-16,23-25H2,1-2H3. The Balaban J connectivity index is 2.67. The smallest absolute Gasteiger partial charge is 0.105 e. The van der Waals surface area contributed by atoms with Gasteiger partial charge in [0, 0.05) is 24.3 Å². The summed E-state index contributed by atoms with van der Waals surface area (Å²) in [5.74, 6) is 21.2. The molecular weight excluding hydrogens is 354 g/mol. The third kappa shape index (κ3) is 12.3. The van der Waals surface area contributed by atoms with Crippen LogP contribution in [0.4, 0.5) is 5.69 Å². The SMILES string of the molecule is CCCCCCN(CCCCCC)c1ccc(C#CC#CC#CC#CCO)cc1. The summed E-state index contributed by atoms with van der Waals surface area (Å²) in [5.41, 5.74) is 2.23. The number of aliphatic hydroxyl groups is 1. The highest BCUT2D eigenvalue weighted by Gasteiger charge is 2.06. The van der Waals surface area contributed by atoms with Gasteiger partial charge in [0.2, 0.25) is 0 Å². The first-order valence-electron chi connectivity index (χ1n) is 10.8. The second kappa shape index (κ2) is 17.3. The third-order valence-electron chi connectivity index (χ3n) is 4.48. The van der Waals surface area contributed by atoms with E-state index in [1.165, 1.54) is 57.1 Å². The van der Waals surface area contributed by atoms with Crippen LogP contribution in [0.3, 0.4) is 0 Å². The fraction of sp³-hybridized carbons (Fsp3) is 0.481. The highest BCUT2D eigenvalue weighted by molar-refractivity contribution is 5.52. The molecule has 0 saturated carbocycles. The summed E-state index contributed by atoms with van der Waals surface area (Å²) in [6, 6.07) is 8.46. The van der Waals surface area contributed by atoms with Crippen LogP contribution < -0.4 is 4.90 Å². The molecule has 1 aromatic rings. The summed E-state index contributed by atoms with van der Waals surface area (Å²) in [7, 11) is 0. The van der Waals surface area contributed by atoms with Crippen molar-refractivity contribution in [2.45, 2.75) is 65.2 Å². The van der Waals surface area contributed by atoms with Gasteiger partial charge in [0.05, 0.1) is 0 Å². The molecule has 29 heavy (non-hydrogen) atoms. The lowest BCUT2D eigenvalue weighted by Crippen LogP contribution is -2.25. The lowest BCUT2D eigenvalue weighted by atomic mass is 10.1. The second-order valence-corrected chi connectivity index (χ2v) is 6.87. The molecule has 1 rings (SSSR count). The minimum atomic E-state index is -0.188. The maximum atomic E-state index is 8.51. The minimum absolute atomic E-state index is 0.188. The van der Waals surface area contributed by atoms with E-state index in [4.69, 9.17) is 5.11 Å². The van der Waals surface area contributed by atoms with Crippen LogP contribution in [0, 0.1) is 47.4 Å². The van der Waals surface area contributed by atoms with Crippen molar-refractivity contribution < 1.29 is 5.11 Å². The molecule has 0 aliphatic carbocycles. The van der Waals surface area contributed by atoms with Gasteiger partial charge in [-0.2, -0.15) is 0 Å². The summed E-state index contributed by atoms with van der Waals surface area (Å²) in [4.78, 5) is 2.52. The molecule has 2 heteroatoms. The van der Waals surface area contributed by atoms with Crippen LogP contribution in [0.1, 0.15) is 70.8 Å². The number of hydrogen-bond acceptors (Lipinski definition) is 2. The molecule has 0 amide bonds. The molecule has 152 valence electrons. The van der Waals surface area contributed by atoms with Crippen LogP contribution in [0.5, 0.6) is 0 Å². The first kappa shape index (κ1) is 24.3. The van der Waals surface area contributed by atoms with Crippen molar-refractivity contribution in [1.82, 2.24) is 0 Å². The van der Waals surface area contributed by atoms with Gasteiger partial charge in [-0.1, -0.05) is 64.2 Å². The summed E-state index contributed by atoms with van der Waals surface area (Å²) in [5, 5.41) is 8.51. The first-order chi connectivity index (χ1) is 14.3. The van der Waals surface area contributed by atoms with Crippen molar-refractivity contribution >= 4 is 5.69 Å². The number of unbranched alkanes of at least 4 members (excludes halogenated alkanes) is 6. The summed E-state index contributed by atoms with van der Waals surface area (Å²) >= 11 is 0. The normalized spacial score (nSPS) is 8.93. The van der Waals surface area contributed by atoms with Crippen LogP contribution >= 0.6 is 0 Å². The molecule has 0 heterocycles. The number of hydrogen-bond donors (Lipinski definition) is 1. The quantitative estimate of drug-likeness (QED) is 0.426. The Labute approximate surface area is 178 Å². The first-order valence-corrected chi connectivity index (χ1v) is 10.8. The number of rotatable bonds is 11. The monoisotopic (exact) mass is 387 g/mol. The predicted octanol–water partition coefficient (Wildman–Crippen LogP) is 5.01. The Morgan fingerprint density at radius 1 is 0.690 bits per heavy atom. The Morgan fingerprint density at radius 3 is 1.79 bits per heavy atom. The van der Waals surface area contributed by atoms with E-state index in [1.807, 2.05) is 0 Å². The van der Waals surface area contributed by atoms with Crippen LogP contribution in [-0.4, -0.2) is 24.8 Å². The molecule has 0 bridgehead atoms. The summed E-state index contributed by atoms with van der Waals surface area (Å²) in [6.45, 7) is 6.57. The second-order valence-electron chi connectivity index (χ2n) is 6.87. The molecular formula is C27H33NO. The van der Waals surface area contributed by atoms with Gasteiger partial charge < -0.3 is 10.0 Å². The van der Waals surface area contributed by atoms with Crippen LogP contribution in [-0.2, 0) is 0 Å². The van der Waals surface area contributed by atoms with Gasteiger partial charge in [-0.3, -0.25) is 0 Å². The maximum absolute atomic E-state index is 8.51. The number of benzene rings is 1. The highest BCUT2D eigenvalue weighted by atomic mass is 16.2. The lowest BCUT2D eigenvalue weighted by Gasteiger charge is -2.25. The summed E-state index contributed by atoms with van der Waals surface area (Å²) in [6.07, 6.45) is 10.3. The molecule has 1 N–H and O–H groups in total. The van der Waals surface area contributed by atoms with E-state index in [0.29, 0.717) is 0 Å². The lowest BCUT2D eigenvalue weighted by molar-refractivity contribution is 0.350. The molecule has 0 aliphatic heterocycles. The van der Waals surface area contributed by atoms with E-state index in [2.05, 4.69) is 90.4 Å². The summed E-state index contributed by atoms with van der Waals surface area (Å²) < 4.78 is 0. The highest BCUT2D eigenvalue weighted by Crippen LogP contribution is 2.17. The Kier molecular flexibility index (Phi) is 14.5. The largest absolute Gasteiger partial charge is 0.384 e. The maximum Gasteiger partial charge on any atom is 0.105 e. The zero-order valence-electron chi connectivity index (χ0n) is 18.0. The van der Waals surface area contributed by atoms with Crippen molar-refractivity contribution in [3.63, 3.8) is 0 Å². The molecule has 0 saturated heterocycles. The molecule has 0 radical (unpaired) electrons. The van der Waals surface area contributed by atoms with E-state index in [1.54, 1.807) is 0 Å². The van der Waals surface area contributed by atoms with Gasteiger partial charge >= 0.3 is 0 Å². The zero-order chi connectivity index (χ0) is 21.0. The van der Waals surface area contributed by atoms with Crippen molar-refractivity contribution in [2.24, 2.45) is 0 Å². The Bertz CT molecular complexity index is 795. The molecule has 0 fully saturated rings. The molecule has 0 spiro atoms. The Morgan fingerprint density at radius 2 is 1.24 bits per heavy atom. The van der Waals surface area contributed by atoms with Crippen molar-refractivity contribution in [1.29, 1.82) is 0 Å². The van der Waals surface area contributed by atoms with Gasteiger partial charge in [0.15, 0.2) is 0 Å². The van der Waals surface area contributed by atoms with Gasteiger partial charge in [-0.15, -0.1) is 0 Å². The van der Waals surface area contributed by atoms with Gasteiger partial charge in [-0.05, 0) is 72.6 Å². The molecule has 0 unspecified atom stereocenters. The average Bonchev–Trinajstić information content (AvgIpc) is 2.75. The average molecular weight is 388 g/mol. The van der Waals surface area contributed by atoms with Gasteiger partial charge in [-0.25, -0.2) is 0 Å². The van der Waals surface area contributed by atoms with Crippen LogP contribution in [0.15, 0.2) is 24.3 Å². The molecule has 0 atom stereocenters. The van der Waals surface area contributed by atoms with E-state index in [9.17, 15) is 0 Å². The number of anilines is 1. The predicted molar refractivity (Wildman–Crippen MR) is 124 cm³/mol. The number of nitrogens with zero attached hydrogens (tertiary/aromatic N) is 1. The molecule has 1 aromatic carbocycles. The van der Waals surface area contributed by atoms with Crippen molar-refractivity contribution in [2.75, 3.05) is 24.6 Å². The van der Waals surface area contributed by atoms with Crippen molar-refractivity contribution in [3.05, 3.63) is 29.8 Å². The molecule has 0 aromatic heterocycles. The molecule has 0 aliphatic rings. The van der Waals surface area contributed by atoms with E-state index >= 15 is 0 Å². The fourth-order valence-corrected chi connectivity index (χ4v) is 2.90. The van der Waals surface area contributed by atoms with Gasteiger partial charge in [0.25, 0.3) is 0 Å². The van der Waals surface area contributed by atoms with Crippen LogP contribution in [0.2, 0.25) is 0 Å². The van der Waals surface area contributed by atoms with E-state index < -0.39 is 0 Å². The molecule has 2 nitrogen and oxygen atoms in total. The topological polar surface area (TPSA) is 23.5 Å². The zero-order valence-corrected chi connectivity index (χ0v) is 18.0. The number of aliphatic hydroxyl groups excluding tert-OH is 1. The van der Waals surface area contributed by atoms with Crippen LogP contribution in [0.25, 0.3) is 0 Å². The van der Waals surface area contributed by atoms with Gasteiger partial charge in [0.1, 0.15) is 6.61 Å². The fourth-order valence-electron chi connectivity index (χ4n) is 2.90. The Hall–Kier alpha value is -2.78. The minimum Gasteiger partial charge on any atom is -0.384 e. The van der Waals surface area contributed by atoms with Crippen molar-refractivity contribution in [3.8, 4) is 47.4 Å². The van der Waals surface area contributed by atoms with E-state index in [-0.39, 0.29) is 6.61 Å².